The van der Waals surface area contributed by atoms with E-state index in [0.29, 0.717) is 19.1 Å². The summed E-state index contributed by atoms with van der Waals surface area (Å²) in [5.74, 6) is -4.37. The maximum Gasteiger partial charge on any atom is 0.340 e. The zero-order chi connectivity index (χ0) is 35.5. The monoisotopic (exact) mass is 754 g/mol. The lowest BCUT2D eigenvalue weighted by Crippen LogP contribution is -2.34. The zero-order valence-electron chi connectivity index (χ0n) is 28.3. The van der Waals surface area contributed by atoms with Gasteiger partial charge in [0.25, 0.3) is 5.91 Å². The number of alkyl halides is 4. The predicted molar refractivity (Wildman–Crippen MR) is 186 cm³/mol. The normalized spacial score (nSPS) is 18.0. The van der Waals surface area contributed by atoms with Crippen LogP contribution in [0.5, 0.6) is 5.75 Å². The molecule has 0 aliphatic carbocycles. The van der Waals surface area contributed by atoms with Gasteiger partial charge in [-0.25, -0.2) is 17.2 Å². The fraction of sp³-hybridized carbons (Fsp3) is 0.486. The van der Waals surface area contributed by atoms with Crippen LogP contribution in [0.3, 0.4) is 0 Å². The quantitative estimate of drug-likeness (QED) is 0.247. The van der Waals surface area contributed by atoms with E-state index in [2.05, 4.69) is 23.5 Å². The van der Waals surface area contributed by atoms with Crippen LogP contribution in [0.25, 0.3) is 0 Å². The summed E-state index contributed by atoms with van der Waals surface area (Å²) in [7, 11) is -3.73. The Morgan fingerprint density at radius 1 is 0.843 bits per heavy atom. The molecule has 51 heavy (non-hydrogen) atoms. The summed E-state index contributed by atoms with van der Waals surface area (Å²) in [6, 6.07) is 16.2. The topological polar surface area (TPSA) is 94.2 Å². The Bertz CT molecular complexity index is 1800. The van der Waals surface area contributed by atoms with Crippen molar-refractivity contribution in [3.8, 4) is 5.75 Å². The highest BCUT2D eigenvalue weighted by molar-refractivity contribution is 7.90. The molecule has 278 valence electrons. The molecule has 8 nitrogen and oxygen atoms in total. The molecule has 2 fully saturated rings. The summed E-state index contributed by atoms with van der Waals surface area (Å²) >= 11 is 0. The largest absolute Gasteiger partial charge is 0.486 e. The third-order valence-electron chi connectivity index (χ3n) is 9.84. The van der Waals surface area contributed by atoms with Crippen LogP contribution in [0.15, 0.2) is 59.5 Å². The van der Waals surface area contributed by atoms with Crippen molar-refractivity contribution in [3.05, 3.63) is 93.5 Å². The average molecular weight is 755 g/mol. The van der Waals surface area contributed by atoms with Gasteiger partial charge in [-0.2, -0.15) is 8.78 Å². The van der Waals surface area contributed by atoms with Crippen LogP contribution in [0.4, 0.5) is 17.6 Å². The second-order valence-electron chi connectivity index (χ2n) is 13.4. The van der Waals surface area contributed by atoms with Crippen molar-refractivity contribution in [3.63, 3.8) is 0 Å². The van der Waals surface area contributed by atoms with Gasteiger partial charge in [-0.3, -0.25) is 4.79 Å². The molecule has 0 atom stereocenters. The Labute approximate surface area is 302 Å². The number of benzene rings is 3. The first-order valence-corrected chi connectivity index (χ1v) is 18.8. The first kappa shape index (κ1) is 39.0. The molecule has 3 aromatic rings. The lowest BCUT2D eigenvalue weighted by atomic mass is 9.90. The van der Waals surface area contributed by atoms with Gasteiger partial charge in [0.15, 0.2) is 16.4 Å². The first-order valence-electron chi connectivity index (χ1n) is 16.9. The van der Waals surface area contributed by atoms with E-state index in [0.717, 1.165) is 86.2 Å². The molecule has 2 saturated heterocycles. The molecule has 4 heterocycles. The molecule has 4 aliphatic rings. The van der Waals surface area contributed by atoms with Gasteiger partial charge in [0.05, 0.1) is 10.5 Å². The number of hydrogen-bond donors (Lipinski definition) is 1. The second kappa shape index (κ2) is 16.6. The summed E-state index contributed by atoms with van der Waals surface area (Å²) in [5.41, 5.74) is 7.22. The van der Waals surface area contributed by atoms with Gasteiger partial charge in [-0.05, 0) is 89.1 Å². The van der Waals surface area contributed by atoms with Crippen molar-refractivity contribution in [2.75, 3.05) is 39.3 Å². The van der Waals surface area contributed by atoms with Crippen molar-refractivity contribution >= 4 is 28.2 Å². The average Bonchev–Trinajstić information content (AvgIpc) is 3.78. The molecule has 0 bridgehead atoms. The Kier molecular flexibility index (Phi) is 12.7. The van der Waals surface area contributed by atoms with Gasteiger partial charge in [0, 0.05) is 58.9 Å². The van der Waals surface area contributed by atoms with E-state index in [1.54, 1.807) is 0 Å². The Morgan fingerprint density at radius 3 is 1.98 bits per heavy atom. The molecule has 0 aromatic heterocycles. The highest BCUT2D eigenvalue weighted by Gasteiger charge is 2.42. The van der Waals surface area contributed by atoms with Crippen LogP contribution >= 0.6 is 12.4 Å². The fourth-order valence-electron chi connectivity index (χ4n) is 6.88. The summed E-state index contributed by atoms with van der Waals surface area (Å²) in [6.45, 7) is 4.15. The Morgan fingerprint density at radius 2 is 1.39 bits per heavy atom. The van der Waals surface area contributed by atoms with E-state index in [9.17, 15) is 30.8 Å². The van der Waals surface area contributed by atoms with Gasteiger partial charge < -0.3 is 24.4 Å². The van der Waals surface area contributed by atoms with Crippen LogP contribution < -0.4 is 10.1 Å². The number of amides is 1. The summed E-state index contributed by atoms with van der Waals surface area (Å²) < 4.78 is 91.8. The van der Waals surface area contributed by atoms with Gasteiger partial charge in [0.1, 0.15) is 5.75 Å². The maximum atomic E-state index is 13.4. The number of ether oxygens (including phenoxy) is 3. The van der Waals surface area contributed by atoms with Crippen molar-refractivity contribution < 1.29 is 45.0 Å². The number of sulfone groups is 1. The lowest BCUT2D eigenvalue weighted by molar-refractivity contribution is -0.148. The van der Waals surface area contributed by atoms with Crippen molar-refractivity contribution in [1.82, 2.24) is 10.2 Å². The van der Waals surface area contributed by atoms with E-state index in [1.165, 1.54) is 34.4 Å². The molecule has 3 aromatic carbocycles. The van der Waals surface area contributed by atoms with Crippen molar-refractivity contribution in [2.45, 2.75) is 80.9 Å². The Hall–Kier alpha value is -3.23. The van der Waals surface area contributed by atoms with Gasteiger partial charge in [0.2, 0.25) is 0 Å². The molecule has 1 amide bonds. The van der Waals surface area contributed by atoms with E-state index >= 15 is 0 Å². The smallest absolute Gasteiger partial charge is 0.340 e. The third kappa shape index (κ3) is 9.42. The van der Waals surface area contributed by atoms with Crippen molar-refractivity contribution in [2.24, 2.45) is 0 Å². The zero-order valence-corrected chi connectivity index (χ0v) is 30.0. The highest BCUT2D eigenvalue weighted by Crippen LogP contribution is 2.34. The number of hydrogen-bond acceptors (Lipinski definition) is 7. The highest BCUT2D eigenvalue weighted by atomic mass is 35.5. The van der Waals surface area contributed by atoms with E-state index in [1.807, 2.05) is 18.2 Å². The molecule has 0 unspecified atom stereocenters. The van der Waals surface area contributed by atoms with Crippen LogP contribution in [-0.2, 0) is 45.5 Å². The minimum Gasteiger partial charge on any atom is -0.486 e. The molecule has 7 rings (SSSR count). The summed E-state index contributed by atoms with van der Waals surface area (Å²) in [4.78, 5) is 14.6. The number of fused-ring (bicyclic) bond motifs is 2. The van der Waals surface area contributed by atoms with Gasteiger partial charge in [-0.15, -0.1) is 12.4 Å². The molecule has 0 saturated carbocycles. The van der Waals surface area contributed by atoms with E-state index in [4.69, 9.17) is 14.2 Å². The number of rotatable bonds is 8. The Balaban J connectivity index is 0.000000261. The first-order chi connectivity index (χ1) is 23.9. The number of carbonyl (C=O) groups excluding carboxylic acids is 1. The molecule has 0 radical (unpaired) electrons. The van der Waals surface area contributed by atoms with E-state index < -0.39 is 34.7 Å². The van der Waals surface area contributed by atoms with Crippen LogP contribution in [0.1, 0.15) is 81.3 Å². The van der Waals surface area contributed by atoms with Crippen LogP contribution in [0.2, 0.25) is 0 Å². The standard InChI is InChI=1S/C24H25F4NO5S.C13H17NO.ClH/c1-35(31,32)19-4-5-21(34-14-24(27,28)23(25)26)20(11-19)22(30)29-12-17-3-2-16(10-18(17)13-29)15-6-8-33-9-7-15;1-2-12-8-14-9-13(12)7-11(1)10-3-5-15-6-4-10;/h2-5,10-11,15,23H,6-9,12-14H2,1H3;1-2,7,10,14H,3-6,8-9H2;1H. The minimum atomic E-state index is -4.43. The second-order valence-corrected chi connectivity index (χ2v) is 15.4. The number of nitrogens with zero attached hydrogens (tertiary/aromatic N) is 1. The molecule has 0 spiro atoms. The molecular formula is C37H43ClF4N2O6S. The number of carbonyl (C=O) groups is 1. The number of halogens is 5. The van der Waals surface area contributed by atoms with Gasteiger partial charge >= 0.3 is 12.3 Å². The summed E-state index contributed by atoms with van der Waals surface area (Å²) in [6.07, 6.45) is 1.17. The number of nitrogens with one attached hydrogen (secondary N) is 1. The van der Waals surface area contributed by atoms with Gasteiger partial charge in [-0.1, -0.05) is 36.4 Å². The minimum absolute atomic E-state index is 0. The molecule has 14 heteroatoms. The third-order valence-corrected chi connectivity index (χ3v) is 10.9. The summed E-state index contributed by atoms with van der Waals surface area (Å²) in [5, 5.41) is 3.39. The molecule has 4 aliphatic heterocycles. The van der Waals surface area contributed by atoms with Crippen molar-refractivity contribution in [1.29, 1.82) is 0 Å². The SMILES string of the molecule is CS(=O)(=O)c1ccc(OCC(F)(F)C(F)F)c(C(=O)N2Cc3ccc(C4CCOCC4)cc3C2)c1.Cl.c1cc2c(cc1C1CCOCC1)CNC2. The van der Waals surface area contributed by atoms with Crippen LogP contribution in [-0.4, -0.2) is 70.9 Å². The van der Waals surface area contributed by atoms with Crippen LogP contribution in [0, 0.1) is 0 Å². The lowest BCUT2D eigenvalue weighted by Gasteiger charge is -2.22. The molecular weight excluding hydrogens is 712 g/mol. The fourth-order valence-corrected chi connectivity index (χ4v) is 7.53. The molecule has 1 N–H and O–H groups in total. The predicted octanol–water partition coefficient (Wildman–Crippen LogP) is 7.02. The van der Waals surface area contributed by atoms with E-state index in [-0.39, 0.29) is 41.7 Å². The maximum absolute atomic E-state index is 13.4.